The van der Waals surface area contributed by atoms with Gasteiger partial charge in [0, 0.05) is 11.3 Å². The largest absolute Gasteiger partial charge is 0.390 e. The maximum Gasteiger partial charge on any atom is 0.169 e. The van der Waals surface area contributed by atoms with Gasteiger partial charge in [-0.1, -0.05) is 5.11 Å². The minimum Gasteiger partial charge on any atom is -0.390 e. The van der Waals surface area contributed by atoms with Crippen molar-refractivity contribution in [2.24, 2.45) is 5.11 Å². The molecular weight excluding hydrogens is 290 g/mol. The monoisotopic (exact) mass is 311 g/mol. The molecule has 0 saturated carbocycles. The van der Waals surface area contributed by atoms with E-state index in [0.29, 0.717) is 19.4 Å². The van der Waals surface area contributed by atoms with Crippen LogP contribution in [0, 0.1) is 12.3 Å². The standard InChI is InChI=1S/C14H21N3O5/c1-4-5-6-7-19-13-10(16-17-15)11(18)12-9(21-13)8-20-14(2,3)22-12/h1,9-13,18H,5-8H2,2-3H3/t9?,10?,11-,12+,13?/m1/s1. The van der Waals surface area contributed by atoms with Crippen molar-refractivity contribution in [2.45, 2.75) is 63.1 Å². The number of rotatable bonds is 5. The summed E-state index contributed by atoms with van der Waals surface area (Å²) >= 11 is 0. The van der Waals surface area contributed by atoms with Gasteiger partial charge < -0.3 is 24.1 Å². The molecule has 2 heterocycles. The van der Waals surface area contributed by atoms with Crippen LogP contribution in [-0.2, 0) is 18.9 Å². The number of terminal acetylenes is 1. The Morgan fingerprint density at radius 1 is 1.55 bits per heavy atom. The van der Waals surface area contributed by atoms with Gasteiger partial charge in [0.25, 0.3) is 0 Å². The summed E-state index contributed by atoms with van der Waals surface area (Å²) in [6.45, 7) is 4.12. The number of azide groups is 1. The van der Waals surface area contributed by atoms with Gasteiger partial charge >= 0.3 is 0 Å². The van der Waals surface area contributed by atoms with E-state index in [9.17, 15) is 5.11 Å². The molecule has 0 bridgehead atoms. The maximum absolute atomic E-state index is 10.5. The van der Waals surface area contributed by atoms with Gasteiger partial charge in [0.05, 0.1) is 19.3 Å². The second-order valence-corrected chi connectivity index (χ2v) is 5.70. The lowest BCUT2D eigenvalue weighted by atomic mass is 9.96. The number of nitrogens with zero attached hydrogens (tertiary/aromatic N) is 3. The van der Waals surface area contributed by atoms with Gasteiger partial charge in [-0.15, -0.1) is 12.3 Å². The topological polar surface area (TPSA) is 106 Å². The number of aliphatic hydroxyl groups is 1. The molecule has 2 aliphatic rings. The molecule has 0 spiro atoms. The van der Waals surface area contributed by atoms with Crippen LogP contribution < -0.4 is 0 Å². The minimum absolute atomic E-state index is 0.266. The van der Waals surface area contributed by atoms with Gasteiger partial charge in [0.1, 0.15) is 18.2 Å². The number of fused-ring (bicyclic) bond motifs is 1. The first-order valence-corrected chi connectivity index (χ1v) is 7.23. The molecule has 2 rings (SSSR count). The molecule has 122 valence electrons. The highest BCUT2D eigenvalue weighted by Gasteiger charge is 2.50. The molecular formula is C14H21N3O5. The average molecular weight is 311 g/mol. The van der Waals surface area contributed by atoms with E-state index in [0.717, 1.165) is 0 Å². The summed E-state index contributed by atoms with van der Waals surface area (Å²) in [6, 6.07) is -0.883. The molecule has 8 heteroatoms. The lowest BCUT2D eigenvalue weighted by molar-refractivity contribution is -0.367. The van der Waals surface area contributed by atoms with Gasteiger partial charge in [-0.3, -0.25) is 0 Å². The summed E-state index contributed by atoms with van der Waals surface area (Å²) in [4.78, 5) is 2.76. The fraction of sp³-hybridized carbons (Fsp3) is 0.857. The Labute approximate surface area is 129 Å². The van der Waals surface area contributed by atoms with Crippen LogP contribution in [0.15, 0.2) is 5.11 Å². The van der Waals surface area contributed by atoms with Gasteiger partial charge in [-0.25, -0.2) is 0 Å². The van der Waals surface area contributed by atoms with Gasteiger partial charge in [-0.05, 0) is 25.8 Å². The Morgan fingerprint density at radius 2 is 2.32 bits per heavy atom. The molecule has 2 saturated heterocycles. The van der Waals surface area contributed by atoms with E-state index in [2.05, 4.69) is 15.9 Å². The van der Waals surface area contributed by atoms with Crippen molar-refractivity contribution < 1.29 is 24.1 Å². The van der Waals surface area contributed by atoms with E-state index < -0.39 is 36.4 Å². The number of unbranched alkanes of at least 4 members (excludes halogenated alkanes) is 1. The summed E-state index contributed by atoms with van der Waals surface area (Å²) in [5.41, 5.74) is 8.71. The third kappa shape index (κ3) is 3.90. The van der Waals surface area contributed by atoms with E-state index in [1.165, 1.54) is 0 Å². The average Bonchev–Trinajstić information content (AvgIpc) is 2.47. The molecule has 2 aliphatic heterocycles. The second kappa shape index (κ2) is 7.29. The maximum atomic E-state index is 10.5. The second-order valence-electron chi connectivity index (χ2n) is 5.70. The highest BCUT2D eigenvalue weighted by molar-refractivity contribution is 4.97. The van der Waals surface area contributed by atoms with Crippen LogP contribution >= 0.6 is 0 Å². The Morgan fingerprint density at radius 3 is 3.00 bits per heavy atom. The highest BCUT2D eigenvalue weighted by atomic mass is 16.8. The molecule has 0 amide bonds. The number of ether oxygens (including phenoxy) is 4. The zero-order valence-corrected chi connectivity index (χ0v) is 12.7. The number of hydrogen-bond donors (Lipinski definition) is 1. The van der Waals surface area contributed by atoms with E-state index >= 15 is 0 Å². The first kappa shape index (κ1) is 17.0. The van der Waals surface area contributed by atoms with Crippen molar-refractivity contribution in [3.8, 4) is 12.3 Å². The molecule has 0 aliphatic carbocycles. The molecule has 22 heavy (non-hydrogen) atoms. The molecule has 0 aromatic heterocycles. The van der Waals surface area contributed by atoms with Crippen LogP contribution in [0.2, 0.25) is 0 Å². The summed E-state index contributed by atoms with van der Waals surface area (Å²) in [5.74, 6) is 1.69. The molecule has 2 fully saturated rings. The van der Waals surface area contributed by atoms with Crippen molar-refractivity contribution in [1.82, 2.24) is 0 Å². The minimum atomic E-state index is -1.03. The zero-order chi connectivity index (χ0) is 16.2. The summed E-state index contributed by atoms with van der Waals surface area (Å²) in [6.07, 6.45) is 3.42. The fourth-order valence-corrected chi connectivity index (χ4v) is 2.52. The molecule has 1 N–H and O–H groups in total. The van der Waals surface area contributed by atoms with Crippen LogP contribution in [0.4, 0.5) is 0 Å². The third-order valence-electron chi connectivity index (χ3n) is 3.59. The smallest absolute Gasteiger partial charge is 0.169 e. The quantitative estimate of drug-likeness (QED) is 0.271. The van der Waals surface area contributed by atoms with Crippen LogP contribution in [-0.4, -0.2) is 54.8 Å². The summed E-state index contributed by atoms with van der Waals surface area (Å²) in [5, 5.41) is 14.1. The molecule has 0 aromatic rings. The van der Waals surface area contributed by atoms with Crippen molar-refractivity contribution in [1.29, 1.82) is 0 Å². The summed E-state index contributed by atoms with van der Waals surface area (Å²) in [7, 11) is 0. The Balaban J connectivity index is 2.05. The normalized spacial score (nSPS) is 36.7. The van der Waals surface area contributed by atoms with E-state index in [1.54, 1.807) is 13.8 Å². The molecule has 8 nitrogen and oxygen atoms in total. The van der Waals surface area contributed by atoms with E-state index in [4.69, 9.17) is 30.9 Å². The van der Waals surface area contributed by atoms with Gasteiger partial charge in [0.2, 0.25) is 0 Å². The third-order valence-corrected chi connectivity index (χ3v) is 3.59. The van der Waals surface area contributed by atoms with Crippen LogP contribution in [0.5, 0.6) is 0 Å². The molecule has 3 unspecified atom stereocenters. The van der Waals surface area contributed by atoms with E-state index in [1.807, 2.05) is 0 Å². The zero-order valence-electron chi connectivity index (χ0n) is 12.7. The van der Waals surface area contributed by atoms with Crippen LogP contribution in [0.3, 0.4) is 0 Å². The van der Waals surface area contributed by atoms with Gasteiger partial charge in [0.15, 0.2) is 12.1 Å². The Bertz CT molecular complexity index is 472. The van der Waals surface area contributed by atoms with Crippen molar-refractivity contribution in [2.75, 3.05) is 13.2 Å². The number of hydrogen-bond acceptors (Lipinski definition) is 6. The molecule has 0 aromatic carbocycles. The van der Waals surface area contributed by atoms with Gasteiger partial charge in [-0.2, -0.15) is 0 Å². The predicted molar refractivity (Wildman–Crippen MR) is 76.5 cm³/mol. The number of aliphatic hydroxyl groups excluding tert-OH is 1. The molecule has 5 atom stereocenters. The van der Waals surface area contributed by atoms with Crippen molar-refractivity contribution >= 4 is 0 Å². The van der Waals surface area contributed by atoms with Crippen LogP contribution in [0.1, 0.15) is 26.7 Å². The Hall–Kier alpha value is -1.33. The highest BCUT2D eigenvalue weighted by Crippen LogP contribution is 2.33. The molecule has 0 radical (unpaired) electrons. The lowest BCUT2D eigenvalue weighted by Gasteiger charge is -2.48. The van der Waals surface area contributed by atoms with Crippen LogP contribution in [0.25, 0.3) is 10.4 Å². The Kier molecular flexibility index (Phi) is 5.64. The SMILES string of the molecule is C#CCCCOC1OC2COC(C)(C)O[C@@H]2[C@H](O)C1N=[N+]=[N-]. The first-order chi connectivity index (χ1) is 10.5. The predicted octanol–water partition coefficient (Wildman–Crippen LogP) is 1.33. The van der Waals surface area contributed by atoms with Crippen molar-refractivity contribution in [3.05, 3.63) is 10.4 Å². The summed E-state index contributed by atoms with van der Waals surface area (Å²) < 4.78 is 22.5. The first-order valence-electron chi connectivity index (χ1n) is 7.23. The lowest BCUT2D eigenvalue weighted by Crippen LogP contribution is -2.64. The van der Waals surface area contributed by atoms with E-state index in [-0.39, 0.29) is 6.61 Å². The van der Waals surface area contributed by atoms with Crippen molar-refractivity contribution in [3.63, 3.8) is 0 Å². The fourth-order valence-electron chi connectivity index (χ4n) is 2.52.